The molecule has 0 aliphatic carbocycles. The Balaban J connectivity index is 1.10. The van der Waals surface area contributed by atoms with Gasteiger partial charge in [-0.15, -0.1) is 5.10 Å². The van der Waals surface area contributed by atoms with Crippen LogP contribution in [0.2, 0.25) is 5.02 Å². The summed E-state index contributed by atoms with van der Waals surface area (Å²) in [5, 5.41) is 6.89. The predicted molar refractivity (Wildman–Crippen MR) is 190 cm³/mol. The third-order valence-electron chi connectivity index (χ3n) is 10.6. The lowest BCUT2D eigenvalue weighted by atomic mass is 9.81. The number of hydrogen-bond acceptors (Lipinski definition) is 8. The van der Waals surface area contributed by atoms with Gasteiger partial charge < -0.3 is 29.2 Å². The van der Waals surface area contributed by atoms with Crippen LogP contribution in [0.15, 0.2) is 59.4 Å². The zero-order chi connectivity index (χ0) is 37.8. The standard InChI is InChI=1S/C37H35ClF3N7O6/c38-26-20-23(37(39,40)41)6-7-27(26)42-29(49)21-47-28-11-19-54-36(30(28)34(52)48-35(47)43-31(44-48)22-9-17-53-18-10-22)12-15-45(16-13-36)32(50)25-8-14-46(33(25)51)24-4-2-1-3-5-24/h1-7,9,20,25H,8,10-19,21H2,(H,42,49). The van der Waals surface area contributed by atoms with Crippen molar-refractivity contribution >= 4 is 52.0 Å². The molecule has 6 heterocycles. The number of carbonyl (C=O) groups is 3. The Labute approximate surface area is 311 Å². The second-order valence-electron chi connectivity index (χ2n) is 13.7. The molecule has 4 aliphatic rings. The summed E-state index contributed by atoms with van der Waals surface area (Å²) in [4.78, 5) is 63.1. The van der Waals surface area contributed by atoms with Gasteiger partial charge in [-0.2, -0.15) is 22.7 Å². The third kappa shape index (κ3) is 6.45. The van der Waals surface area contributed by atoms with E-state index in [4.69, 9.17) is 26.1 Å². The Morgan fingerprint density at radius 1 is 1.02 bits per heavy atom. The van der Waals surface area contributed by atoms with Crippen LogP contribution in [0.5, 0.6) is 0 Å². The number of carbonyl (C=O) groups excluding carboxylic acids is 3. The zero-order valence-corrected chi connectivity index (χ0v) is 29.7. The number of alkyl halides is 3. The van der Waals surface area contributed by atoms with Gasteiger partial charge in [0.25, 0.3) is 5.56 Å². The highest BCUT2D eigenvalue weighted by molar-refractivity contribution is 6.33. The molecule has 4 aromatic rings. The lowest BCUT2D eigenvalue weighted by molar-refractivity contribution is -0.147. The van der Waals surface area contributed by atoms with Gasteiger partial charge in [0, 0.05) is 37.4 Å². The van der Waals surface area contributed by atoms with Crippen molar-refractivity contribution in [1.29, 1.82) is 0 Å². The molecule has 0 bridgehead atoms. The molecule has 2 aromatic heterocycles. The van der Waals surface area contributed by atoms with Gasteiger partial charge in [0.2, 0.25) is 23.5 Å². The number of halogens is 4. The van der Waals surface area contributed by atoms with Crippen molar-refractivity contribution in [2.45, 2.75) is 50.4 Å². The number of aromatic nitrogens is 4. The normalized spacial score (nSPS) is 20.0. The summed E-state index contributed by atoms with van der Waals surface area (Å²) in [7, 11) is 0. The predicted octanol–water partition coefficient (Wildman–Crippen LogP) is 4.45. The second kappa shape index (κ2) is 14.0. The van der Waals surface area contributed by atoms with E-state index in [0.29, 0.717) is 49.7 Å². The number of ether oxygens (including phenoxy) is 2. The summed E-state index contributed by atoms with van der Waals surface area (Å²) in [6.07, 6.45) is -1.10. The molecule has 1 atom stereocenters. The number of piperidine rings is 1. The second-order valence-corrected chi connectivity index (χ2v) is 14.1. The maximum Gasteiger partial charge on any atom is 0.416 e. The Morgan fingerprint density at radius 3 is 2.50 bits per heavy atom. The number of amides is 3. The van der Waals surface area contributed by atoms with Crippen molar-refractivity contribution in [3.8, 4) is 0 Å². The molecule has 0 saturated carbocycles. The summed E-state index contributed by atoms with van der Waals surface area (Å²) >= 11 is 6.15. The fourth-order valence-corrected chi connectivity index (χ4v) is 8.10. The lowest BCUT2D eigenvalue weighted by Gasteiger charge is -2.45. The average molecular weight is 766 g/mol. The number of likely N-dealkylation sites (tertiary alicyclic amines) is 1. The molecule has 1 spiro atoms. The van der Waals surface area contributed by atoms with Crippen LogP contribution in [0, 0.1) is 5.92 Å². The number of nitrogens with zero attached hydrogens (tertiary/aromatic N) is 6. The highest BCUT2D eigenvalue weighted by atomic mass is 35.5. The Morgan fingerprint density at radius 2 is 1.80 bits per heavy atom. The van der Waals surface area contributed by atoms with Crippen LogP contribution in [-0.4, -0.2) is 81.2 Å². The molecule has 17 heteroatoms. The van der Waals surface area contributed by atoms with E-state index in [1.165, 1.54) is 0 Å². The first-order chi connectivity index (χ1) is 25.9. The van der Waals surface area contributed by atoms with Crippen LogP contribution in [0.25, 0.3) is 11.4 Å². The van der Waals surface area contributed by atoms with Crippen LogP contribution >= 0.6 is 11.6 Å². The Bertz CT molecular complexity index is 2250. The number of hydrogen-bond donors (Lipinski definition) is 1. The van der Waals surface area contributed by atoms with Gasteiger partial charge in [0.15, 0.2) is 5.82 Å². The molecule has 2 saturated heterocycles. The molecule has 1 N–H and O–H groups in total. The van der Waals surface area contributed by atoms with Gasteiger partial charge in [0.1, 0.15) is 18.1 Å². The fraction of sp³-hybridized carbons (Fsp3) is 0.405. The van der Waals surface area contributed by atoms with Gasteiger partial charge in [-0.1, -0.05) is 35.9 Å². The smallest absolute Gasteiger partial charge is 0.377 e. The molecule has 8 rings (SSSR count). The molecule has 0 radical (unpaired) electrons. The molecule has 282 valence electrons. The summed E-state index contributed by atoms with van der Waals surface area (Å²) in [6.45, 7) is 1.53. The van der Waals surface area contributed by atoms with E-state index in [2.05, 4.69) is 10.4 Å². The van der Waals surface area contributed by atoms with Gasteiger partial charge in [0.05, 0.1) is 41.7 Å². The summed E-state index contributed by atoms with van der Waals surface area (Å²) < 4.78 is 54.4. The van der Waals surface area contributed by atoms with Gasteiger partial charge in [-0.05, 0) is 61.6 Å². The minimum atomic E-state index is -4.61. The molecular weight excluding hydrogens is 731 g/mol. The van der Waals surface area contributed by atoms with Crippen molar-refractivity contribution in [3.05, 3.63) is 92.6 Å². The molecule has 1 unspecified atom stereocenters. The summed E-state index contributed by atoms with van der Waals surface area (Å²) in [5.41, 5.74) is -0.218. The van der Waals surface area contributed by atoms with E-state index in [9.17, 15) is 32.3 Å². The molecular formula is C37H35ClF3N7O6. The van der Waals surface area contributed by atoms with Crippen molar-refractivity contribution in [3.63, 3.8) is 0 Å². The summed E-state index contributed by atoms with van der Waals surface area (Å²) in [6, 6.07) is 11.9. The van der Waals surface area contributed by atoms with Crippen molar-refractivity contribution in [2.75, 3.05) is 49.7 Å². The van der Waals surface area contributed by atoms with Gasteiger partial charge in [-0.25, -0.2) is 0 Å². The molecule has 2 aromatic carbocycles. The zero-order valence-electron chi connectivity index (χ0n) is 28.9. The largest absolute Gasteiger partial charge is 0.416 e. The van der Waals surface area contributed by atoms with Crippen molar-refractivity contribution in [1.82, 2.24) is 24.1 Å². The molecule has 13 nitrogen and oxygen atoms in total. The monoisotopic (exact) mass is 765 g/mol. The van der Waals surface area contributed by atoms with Crippen LogP contribution in [0.4, 0.5) is 24.5 Å². The number of rotatable bonds is 6. The van der Waals surface area contributed by atoms with Gasteiger partial charge in [-0.3, -0.25) is 19.2 Å². The van der Waals surface area contributed by atoms with Crippen LogP contribution in [0.3, 0.4) is 0 Å². The molecule has 2 fully saturated rings. The van der Waals surface area contributed by atoms with E-state index in [1.807, 2.05) is 36.4 Å². The molecule has 54 heavy (non-hydrogen) atoms. The van der Waals surface area contributed by atoms with Crippen LogP contribution < -0.4 is 15.8 Å². The number of anilines is 2. The van der Waals surface area contributed by atoms with Crippen molar-refractivity contribution < 1.29 is 37.0 Å². The average Bonchev–Trinajstić information content (AvgIpc) is 3.79. The van der Waals surface area contributed by atoms with E-state index >= 15 is 0 Å². The first kappa shape index (κ1) is 35.9. The Kier molecular flexibility index (Phi) is 9.30. The number of nitrogens with one attached hydrogen (secondary N) is 1. The number of benzene rings is 2. The van der Waals surface area contributed by atoms with E-state index in [-0.39, 0.29) is 73.8 Å². The van der Waals surface area contributed by atoms with E-state index in [1.54, 1.807) is 14.4 Å². The van der Waals surface area contributed by atoms with Gasteiger partial charge >= 0.3 is 6.18 Å². The highest BCUT2D eigenvalue weighted by Crippen LogP contribution is 2.41. The van der Waals surface area contributed by atoms with E-state index in [0.717, 1.165) is 34.0 Å². The lowest BCUT2D eigenvalue weighted by Crippen LogP contribution is -2.53. The van der Waals surface area contributed by atoms with Crippen molar-refractivity contribution in [2.24, 2.45) is 5.92 Å². The van der Waals surface area contributed by atoms with Crippen LogP contribution in [-0.2, 0) is 48.6 Å². The first-order valence-electron chi connectivity index (χ1n) is 17.7. The van der Waals surface area contributed by atoms with Crippen LogP contribution in [0.1, 0.15) is 48.3 Å². The maximum atomic E-state index is 14.4. The number of para-hydroxylation sites is 1. The molecule has 4 aliphatic heterocycles. The SMILES string of the molecule is O=C(Cn1c2c(c(=O)n3nc(C4=CCOCC4)nc13)C1(CCN(C(=O)C3CCN(c4ccccc4)C3=O)CC1)OCC2)Nc1ccc(C(F)(F)F)cc1Cl. The third-order valence-corrected chi connectivity index (χ3v) is 10.9. The first-order valence-corrected chi connectivity index (χ1v) is 18.1. The Hall–Kier alpha value is -5.06. The summed E-state index contributed by atoms with van der Waals surface area (Å²) in [5.74, 6) is -1.51. The quantitative estimate of drug-likeness (QED) is 0.284. The maximum absolute atomic E-state index is 14.4. The highest BCUT2D eigenvalue weighted by Gasteiger charge is 2.48. The fourth-order valence-electron chi connectivity index (χ4n) is 7.87. The molecule has 3 amide bonds. The minimum absolute atomic E-state index is 0.0143. The topological polar surface area (TPSA) is 140 Å². The van der Waals surface area contributed by atoms with E-state index < -0.39 is 34.7 Å². The number of fused-ring (bicyclic) bond motifs is 3. The minimum Gasteiger partial charge on any atom is -0.377 e.